The maximum Gasteiger partial charge on any atom is 0.315 e. The van der Waals surface area contributed by atoms with Gasteiger partial charge < -0.3 is 144 Å². The van der Waals surface area contributed by atoms with Crippen LogP contribution >= 0.6 is 0 Å². The predicted molar refractivity (Wildman–Crippen MR) is 315 cm³/mol. The SMILES string of the molecule is C=C1CC[C@]2(C(=O)O[C@@H]3O[C@H](CO[C@@H]4O[C@H](CO)[C@@H](O[C@@H]5O[C@@H](C)[C@H](O)[C@@H](O)[C@H]5O)[C@H](O)[C@H]4O)[C@@H](O)[C@H](O)[C@H]3O)CC[C@]3(C)C(=CC[C@@H]4[C@@]5(C)CC[C@H](O[C@@H]6OC[C@H](O)[C@H](O)[C@H]6O[C@@H]6O[C@@H](C)[C@H](O)[C@@H](O)[C@H]6O[C@@H]6O[C@H](CO)[C@@H](O)[C@H](O)[C@H]6O)C(C)(C)[C@@H]5CC[C@]43C)[C@@H]2C1. The van der Waals surface area contributed by atoms with E-state index in [1.54, 1.807) is 0 Å². The molecule has 0 unspecified atom stereocenters. The summed E-state index contributed by atoms with van der Waals surface area (Å²) in [5.41, 5.74) is -0.522. The normalized spacial score (nSPS) is 54.5. The topological polar surface area (TPSA) is 472 Å². The van der Waals surface area contributed by atoms with E-state index in [-0.39, 0.29) is 35.2 Å². The summed E-state index contributed by atoms with van der Waals surface area (Å²) in [4.78, 5) is 15.2. The van der Waals surface area contributed by atoms with Gasteiger partial charge in [0.2, 0.25) is 6.29 Å². The third-order valence-electron chi connectivity index (χ3n) is 24.6. The Morgan fingerprint density at radius 3 is 1.74 bits per heavy atom. The fourth-order valence-electron chi connectivity index (χ4n) is 18.5. The van der Waals surface area contributed by atoms with Crippen molar-refractivity contribution in [2.45, 2.75) is 297 Å². The Kier molecular flexibility index (Phi) is 21.5. The average Bonchev–Trinajstić information content (AvgIpc) is 0.677. The minimum Gasteiger partial charge on any atom is -0.432 e. The second-order valence-corrected chi connectivity index (χ2v) is 30.0. The number of aliphatic hydroxyl groups excluding tert-OH is 17. The molecule has 538 valence electrons. The van der Waals surface area contributed by atoms with Gasteiger partial charge in [-0.15, -0.1) is 0 Å². The van der Waals surface area contributed by atoms with Crippen molar-refractivity contribution in [2.75, 3.05) is 26.4 Å². The van der Waals surface area contributed by atoms with Gasteiger partial charge >= 0.3 is 5.97 Å². The molecule has 0 radical (unpaired) electrons. The molecule has 4 saturated carbocycles. The molecule has 30 nitrogen and oxygen atoms in total. The summed E-state index contributed by atoms with van der Waals surface area (Å²) >= 11 is 0. The van der Waals surface area contributed by atoms with Gasteiger partial charge in [0, 0.05) is 5.92 Å². The average molecular weight is 1350 g/mol. The zero-order valence-corrected chi connectivity index (χ0v) is 54.1. The highest BCUT2D eigenvalue weighted by atomic mass is 16.8. The van der Waals surface area contributed by atoms with Crippen LogP contribution in [0.4, 0.5) is 0 Å². The third-order valence-corrected chi connectivity index (χ3v) is 24.6. The molecule has 6 heterocycles. The van der Waals surface area contributed by atoms with E-state index < -0.39 is 226 Å². The third kappa shape index (κ3) is 12.4. The van der Waals surface area contributed by atoms with Crippen LogP contribution < -0.4 is 0 Å². The highest BCUT2D eigenvalue weighted by Crippen LogP contribution is 2.76. The largest absolute Gasteiger partial charge is 0.432 e. The quantitative estimate of drug-likeness (QED) is 0.0420. The number of aliphatic hydroxyl groups is 17. The molecule has 6 saturated heterocycles. The number of ether oxygens (including phenoxy) is 12. The maximum absolute atomic E-state index is 15.2. The summed E-state index contributed by atoms with van der Waals surface area (Å²) in [6, 6.07) is 0. The number of esters is 1. The van der Waals surface area contributed by atoms with Crippen LogP contribution in [-0.2, 0) is 61.6 Å². The first-order valence-electron chi connectivity index (χ1n) is 33.3. The molecule has 0 bridgehead atoms. The van der Waals surface area contributed by atoms with Crippen LogP contribution in [0.25, 0.3) is 0 Å². The Morgan fingerprint density at radius 1 is 0.532 bits per heavy atom. The summed E-state index contributed by atoms with van der Waals surface area (Å²) in [5.74, 6) is -0.794. The number of hydrogen-bond donors (Lipinski definition) is 17. The number of carbonyl (C=O) groups is 1. The smallest absolute Gasteiger partial charge is 0.315 e. The van der Waals surface area contributed by atoms with Gasteiger partial charge in [-0.1, -0.05) is 58.4 Å². The van der Waals surface area contributed by atoms with Crippen molar-refractivity contribution in [2.24, 2.45) is 44.8 Å². The van der Waals surface area contributed by atoms with E-state index in [0.29, 0.717) is 44.9 Å². The van der Waals surface area contributed by atoms with Crippen molar-refractivity contribution in [1.82, 2.24) is 0 Å². The van der Waals surface area contributed by atoms with Gasteiger partial charge in [0.1, 0.15) is 128 Å². The standard InChI is InChI=1S/C64H102O30/c1-24-11-16-64(59(82)94-56-48(80)43(75)40(72)32(89-56)23-84-53-49(81)45(77)50(31(21-66)88-53)91-54-46(78)41(73)36(68)25(2)85-54)18-17-62(7)27(28(64)19-24)9-10-34-61(6)14-13-35(60(4,5)33(61)12-15-63(34,62)8)90-57-51(38(70)29(67)22-83-57)93-58-52(44(76)37(69)26(3)86-58)92-55-47(79)42(74)39(71)30(20-65)87-55/h9,25-26,28-58,65-81H,1,10-23H2,2-8H3/t25-,26-,28-,29-,30+,31+,32+,33-,34+,35-,36-,37-,38-,39+,40+,41+,42-,43-,44+,45+,46+,47+,48+,49+,50+,51+,52+,53+,54-,55-,56-,57-,58-,61-,62+,63+,64-/m0/s1. The Balaban J connectivity index is 0.763. The van der Waals surface area contributed by atoms with Gasteiger partial charge in [-0.25, -0.2) is 0 Å². The van der Waals surface area contributed by atoms with Gasteiger partial charge in [-0.3, -0.25) is 4.79 Å². The monoisotopic (exact) mass is 1350 g/mol. The van der Waals surface area contributed by atoms with Crippen LogP contribution in [0.2, 0.25) is 0 Å². The van der Waals surface area contributed by atoms with Crippen LogP contribution in [-0.4, -0.2) is 303 Å². The van der Waals surface area contributed by atoms with Gasteiger partial charge in [-0.05, 0) is 112 Å². The molecule has 37 atom stereocenters. The maximum atomic E-state index is 15.2. The fourth-order valence-corrected chi connectivity index (χ4v) is 18.5. The summed E-state index contributed by atoms with van der Waals surface area (Å²) < 4.78 is 71.8. The minimum absolute atomic E-state index is 0.0768. The Hall–Kier alpha value is -2.17. The van der Waals surface area contributed by atoms with E-state index in [9.17, 15) is 86.8 Å². The summed E-state index contributed by atoms with van der Waals surface area (Å²) in [6.07, 6.45) is -39.4. The van der Waals surface area contributed by atoms with Crippen molar-refractivity contribution in [3.8, 4) is 0 Å². The number of fused-ring (bicyclic) bond motifs is 7. The van der Waals surface area contributed by atoms with E-state index in [1.165, 1.54) is 13.8 Å². The van der Waals surface area contributed by atoms with Crippen molar-refractivity contribution in [3.05, 3.63) is 23.8 Å². The van der Waals surface area contributed by atoms with E-state index in [2.05, 4.69) is 47.3 Å². The van der Waals surface area contributed by atoms with Crippen LogP contribution in [0.3, 0.4) is 0 Å². The zero-order valence-electron chi connectivity index (χ0n) is 54.1. The highest BCUT2D eigenvalue weighted by Gasteiger charge is 2.70. The van der Waals surface area contributed by atoms with E-state index in [0.717, 1.165) is 30.4 Å². The molecule has 0 aromatic heterocycles. The number of hydrogen-bond acceptors (Lipinski definition) is 30. The molecule has 30 heteroatoms. The molecule has 10 fully saturated rings. The number of rotatable bonds is 15. The Morgan fingerprint density at radius 2 is 1.07 bits per heavy atom. The lowest BCUT2D eigenvalue weighted by Crippen LogP contribution is -2.66. The molecule has 0 spiro atoms. The zero-order chi connectivity index (χ0) is 68.4. The van der Waals surface area contributed by atoms with Crippen LogP contribution in [0.1, 0.15) is 113 Å². The summed E-state index contributed by atoms with van der Waals surface area (Å²) in [5, 5.41) is 184. The molecule has 11 aliphatic rings. The Labute approximate surface area is 544 Å². The highest BCUT2D eigenvalue weighted by molar-refractivity contribution is 5.79. The number of carbonyl (C=O) groups excluding carboxylic acids is 1. The lowest BCUT2D eigenvalue weighted by Gasteiger charge is -2.71. The van der Waals surface area contributed by atoms with Gasteiger partial charge in [0.25, 0.3) is 0 Å². The molecule has 11 rings (SSSR count). The van der Waals surface area contributed by atoms with Crippen LogP contribution in [0.15, 0.2) is 23.8 Å². The minimum atomic E-state index is -1.92. The van der Waals surface area contributed by atoms with Crippen molar-refractivity contribution >= 4 is 5.97 Å². The molecule has 17 N–H and O–H groups in total. The second kappa shape index (κ2) is 27.6. The molecule has 6 aliphatic heterocycles. The molecular weight excluding hydrogens is 1250 g/mol. The first kappa shape index (κ1) is 73.1. The van der Waals surface area contributed by atoms with Crippen molar-refractivity contribution < 1.29 is 148 Å². The van der Waals surface area contributed by atoms with Crippen LogP contribution in [0.5, 0.6) is 0 Å². The molecule has 0 amide bonds. The predicted octanol–water partition coefficient (Wildman–Crippen LogP) is -4.16. The molecule has 94 heavy (non-hydrogen) atoms. The fraction of sp³-hybridized carbons (Fsp3) is 0.922. The Bertz CT molecular complexity index is 2670. The summed E-state index contributed by atoms with van der Waals surface area (Å²) in [7, 11) is 0. The van der Waals surface area contributed by atoms with Gasteiger partial charge in [-0.2, -0.15) is 0 Å². The first-order valence-corrected chi connectivity index (χ1v) is 33.3. The van der Waals surface area contributed by atoms with E-state index in [4.69, 9.17) is 56.8 Å². The van der Waals surface area contributed by atoms with Gasteiger partial charge in [0.15, 0.2) is 31.5 Å². The van der Waals surface area contributed by atoms with Gasteiger partial charge in [0.05, 0.1) is 50.2 Å². The first-order chi connectivity index (χ1) is 44.2. The lowest BCUT2D eigenvalue weighted by atomic mass is 9.34. The van der Waals surface area contributed by atoms with E-state index >= 15 is 4.79 Å². The summed E-state index contributed by atoms with van der Waals surface area (Å²) in [6.45, 7) is 16.1. The van der Waals surface area contributed by atoms with Crippen molar-refractivity contribution in [3.63, 3.8) is 0 Å². The molecule has 0 aromatic rings. The molecule has 0 aromatic carbocycles. The second-order valence-electron chi connectivity index (χ2n) is 30.0. The number of allylic oxidation sites excluding steroid dienone is 3. The lowest BCUT2D eigenvalue weighted by molar-refractivity contribution is -0.390. The van der Waals surface area contributed by atoms with Crippen molar-refractivity contribution in [1.29, 1.82) is 0 Å². The van der Waals surface area contributed by atoms with Crippen LogP contribution in [0, 0.1) is 44.8 Å². The molecule has 5 aliphatic carbocycles. The molecular formula is C64H102O30. The van der Waals surface area contributed by atoms with E-state index in [1.807, 2.05) is 0 Å².